The van der Waals surface area contributed by atoms with Gasteiger partial charge >= 0.3 is 0 Å². The SMILES string of the molecule is Cc1ccc(C(C)NC(C)C(O)c2ccc(Cl)cc2)o1. The molecule has 4 heteroatoms. The van der Waals surface area contributed by atoms with Gasteiger partial charge in [-0.1, -0.05) is 23.7 Å². The Bertz CT molecular complexity index is 550. The lowest BCUT2D eigenvalue weighted by Gasteiger charge is -2.23. The number of furan rings is 1. The Balaban J connectivity index is 2.00. The van der Waals surface area contributed by atoms with Crippen LogP contribution in [0.5, 0.6) is 0 Å². The van der Waals surface area contributed by atoms with Crippen LogP contribution in [-0.2, 0) is 0 Å². The molecule has 3 unspecified atom stereocenters. The summed E-state index contributed by atoms with van der Waals surface area (Å²) in [7, 11) is 0. The van der Waals surface area contributed by atoms with Gasteiger partial charge in [-0.15, -0.1) is 0 Å². The van der Waals surface area contributed by atoms with E-state index in [1.54, 1.807) is 12.1 Å². The minimum Gasteiger partial charge on any atom is -0.465 e. The van der Waals surface area contributed by atoms with Crippen LogP contribution in [0.3, 0.4) is 0 Å². The highest BCUT2D eigenvalue weighted by Crippen LogP contribution is 2.22. The highest BCUT2D eigenvalue weighted by atomic mass is 35.5. The van der Waals surface area contributed by atoms with Crippen molar-refractivity contribution in [1.82, 2.24) is 5.32 Å². The molecule has 1 heterocycles. The minimum absolute atomic E-state index is 0.0423. The highest BCUT2D eigenvalue weighted by Gasteiger charge is 2.20. The predicted octanol–water partition coefficient (Wildman–Crippen LogP) is 4.01. The van der Waals surface area contributed by atoms with Gasteiger partial charge in [-0.3, -0.25) is 0 Å². The van der Waals surface area contributed by atoms with Crippen LogP contribution < -0.4 is 5.32 Å². The molecule has 2 aromatic rings. The van der Waals surface area contributed by atoms with Gasteiger partial charge in [-0.25, -0.2) is 0 Å². The van der Waals surface area contributed by atoms with E-state index in [0.29, 0.717) is 5.02 Å². The van der Waals surface area contributed by atoms with Crippen LogP contribution in [0.2, 0.25) is 5.02 Å². The van der Waals surface area contributed by atoms with Crippen molar-refractivity contribution in [3.05, 3.63) is 58.5 Å². The second kappa shape index (κ2) is 6.44. The van der Waals surface area contributed by atoms with E-state index < -0.39 is 6.10 Å². The van der Waals surface area contributed by atoms with Gasteiger partial charge < -0.3 is 14.8 Å². The van der Waals surface area contributed by atoms with Gasteiger partial charge in [0, 0.05) is 11.1 Å². The standard InChI is InChI=1S/C16H20ClNO2/c1-10-4-9-15(20-10)11(2)18-12(3)16(19)13-5-7-14(17)8-6-13/h4-9,11-12,16,18-19H,1-3H3. The van der Waals surface area contributed by atoms with Crippen LogP contribution in [0.1, 0.15) is 43.1 Å². The molecule has 3 nitrogen and oxygen atoms in total. The second-order valence-corrected chi connectivity index (χ2v) is 5.56. The van der Waals surface area contributed by atoms with Gasteiger partial charge in [-0.2, -0.15) is 0 Å². The fourth-order valence-electron chi connectivity index (χ4n) is 2.20. The Morgan fingerprint density at radius 3 is 2.30 bits per heavy atom. The molecular formula is C16H20ClNO2. The van der Waals surface area contributed by atoms with Gasteiger partial charge in [0.25, 0.3) is 0 Å². The number of halogens is 1. The molecule has 0 aliphatic carbocycles. The summed E-state index contributed by atoms with van der Waals surface area (Å²) in [4.78, 5) is 0. The molecule has 0 aliphatic rings. The van der Waals surface area contributed by atoms with Crippen LogP contribution in [-0.4, -0.2) is 11.1 Å². The van der Waals surface area contributed by atoms with Crippen molar-refractivity contribution in [2.75, 3.05) is 0 Å². The average molecular weight is 294 g/mol. The van der Waals surface area contributed by atoms with Crippen LogP contribution in [0.25, 0.3) is 0 Å². The molecule has 1 aromatic heterocycles. The average Bonchev–Trinajstić information content (AvgIpc) is 2.85. The van der Waals surface area contributed by atoms with Crippen molar-refractivity contribution >= 4 is 11.6 Å². The first kappa shape index (κ1) is 15.1. The zero-order valence-corrected chi connectivity index (χ0v) is 12.7. The van der Waals surface area contributed by atoms with Crippen LogP contribution >= 0.6 is 11.6 Å². The fourth-order valence-corrected chi connectivity index (χ4v) is 2.33. The zero-order chi connectivity index (χ0) is 14.7. The number of rotatable bonds is 5. The Hall–Kier alpha value is -1.29. The Labute approximate surface area is 124 Å². The number of aliphatic hydroxyl groups is 1. The molecule has 1 aromatic carbocycles. The van der Waals surface area contributed by atoms with Crippen LogP contribution in [0.4, 0.5) is 0 Å². The van der Waals surface area contributed by atoms with Crippen molar-refractivity contribution < 1.29 is 9.52 Å². The molecule has 0 radical (unpaired) electrons. The van der Waals surface area contributed by atoms with Crippen LogP contribution in [0.15, 0.2) is 40.8 Å². The molecule has 3 atom stereocenters. The lowest BCUT2D eigenvalue weighted by Crippen LogP contribution is -2.34. The summed E-state index contributed by atoms with van der Waals surface area (Å²) in [5.74, 6) is 1.76. The molecule has 20 heavy (non-hydrogen) atoms. The van der Waals surface area contributed by atoms with Crippen molar-refractivity contribution in [2.24, 2.45) is 0 Å². The fraction of sp³-hybridized carbons (Fsp3) is 0.375. The number of hydrogen-bond donors (Lipinski definition) is 2. The molecule has 0 bridgehead atoms. The Morgan fingerprint density at radius 1 is 1.10 bits per heavy atom. The predicted molar refractivity (Wildman–Crippen MR) is 80.9 cm³/mol. The quantitative estimate of drug-likeness (QED) is 0.875. The maximum Gasteiger partial charge on any atom is 0.120 e. The molecule has 2 rings (SSSR count). The summed E-state index contributed by atoms with van der Waals surface area (Å²) in [6.45, 7) is 5.89. The Kier molecular flexibility index (Phi) is 4.86. The summed E-state index contributed by atoms with van der Waals surface area (Å²) in [5.41, 5.74) is 0.845. The molecule has 2 N–H and O–H groups in total. The first-order valence-corrected chi connectivity index (χ1v) is 7.11. The highest BCUT2D eigenvalue weighted by molar-refractivity contribution is 6.30. The molecule has 0 aliphatic heterocycles. The molecule has 0 amide bonds. The third-order valence-electron chi connectivity index (χ3n) is 3.39. The molecule has 0 saturated heterocycles. The summed E-state index contributed by atoms with van der Waals surface area (Å²) in [6, 6.07) is 11.1. The van der Waals surface area contributed by atoms with Crippen molar-refractivity contribution in [2.45, 2.75) is 39.0 Å². The van der Waals surface area contributed by atoms with E-state index in [1.165, 1.54) is 0 Å². The largest absolute Gasteiger partial charge is 0.465 e. The van der Waals surface area contributed by atoms with E-state index in [9.17, 15) is 5.11 Å². The molecule has 0 saturated carbocycles. The van der Waals surface area contributed by atoms with E-state index >= 15 is 0 Å². The molecule has 0 spiro atoms. The maximum absolute atomic E-state index is 10.3. The van der Waals surface area contributed by atoms with Crippen molar-refractivity contribution in [1.29, 1.82) is 0 Å². The van der Waals surface area contributed by atoms with E-state index in [2.05, 4.69) is 5.32 Å². The third-order valence-corrected chi connectivity index (χ3v) is 3.64. The monoisotopic (exact) mass is 293 g/mol. The van der Waals surface area contributed by atoms with E-state index in [0.717, 1.165) is 17.1 Å². The van der Waals surface area contributed by atoms with E-state index in [1.807, 2.05) is 45.0 Å². The lowest BCUT2D eigenvalue weighted by molar-refractivity contribution is 0.128. The molecule has 0 fully saturated rings. The van der Waals surface area contributed by atoms with Gasteiger partial charge in [0.15, 0.2) is 0 Å². The molecular weight excluding hydrogens is 274 g/mol. The summed E-state index contributed by atoms with van der Waals surface area (Å²) in [5, 5.41) is 14.4. The van der Waals surface area contributed by atoms with E-state index in [-0.39, 0.29) is 12.1 Å². The third kappa shape index (κ3) is 3.63. The molecule has 108 valence electrons. The second-order valence-electron chi connectivity index (χ2n) is 5.12. The summed E-state index contributed by atoms with van der Waals surface area (Å²) < 4.78 is 5.59. The summed E-state index contributed by atoms with van der Waals surface area (Å²) in [6.07, 6.45) is -0.592. The van der Waals surface area contributed by atoms with Crippen molar-refractivity contribution in [3.63, 3.8) is 0 Å². The smallest absolute Gasteiger partial charge is 0.120 e. The van der Waals surface area contributed by atoms with Gasteiger partial charge in [-0.05, 0) is 50.6 Å². The van der Waals surface area contributed by atoms with Gasteiger partial charge in [0.05, 0.1) is 12.1 Å². The zero-order valence-electron chi connectivity index (χ0n) is 11.9. The number of hydrogen-bond acceptors (Lipinski definition) is 3. The van der Waals surface area contributed by atoms with E-state index in [4.69, 9.17) is 16.0 Å². The maximum atomic E-state index is 10.3. The van der Waals surface area contributed by atoms with Gasteiger partial charge in [0.2, 0.25) is 0 Å². The lowest BCUT2D eigenvalue weighted by atomic mass is 10.0. The van der Waals surface area contributed by atoms with Crippen molar-refractivity contribution in [3.8, 4) is 0 Å². The first-order chi connectivity index (χ1) is 9.47. The number of aliphatic hydroxyl groups excluding tert-OH is 1. The minimum atomic E-state index is -0.592. The topological polar surface area (TPSA) is 45.4 Å². The number of nitrogens with one attached hydrogen (secondary N) is 1. The number of benzene rings is 1. The first-order valence-electron chi connectivity index (χ1n) is 6.73. The summed E-state index contributed by atoms with van der Waals surface area (Å²) >= 11 is 5.85. The van der Waals surface area contributed by atoms with Gasteiger partial charge in [0.1, 0.15) is 11.5 Å². The Morgan fingerprint density at radius 2 is 1.75 bits per heavy atom. The number of aryl methyl sites for hydroxylation is 1. The normalized spacial score (nSPS) is 15.8. The van der Waals surface area contributed by atoms with Crippen LogP contribution in [0, 0.1) is 6.92 Å².